The van der Waals surface area contributed by atoms with E-state index in [1.165, 1.54) is 6.07 Å². The number of carboxylic acid groups (broad SMARTS) is 1. The SMILES string of the molecule is CCC(C(=O)[O-])C1CCC(C)C(C(C)C(O)C(C)C(=O)C(CC)C2OC3(C=CC(O)C4(CCC(C)(C5CCC(O)(CC)C(C)O5)O4)O3)C(C)CC2C)O1.COc1cccc(-c2cc(=O)c3ccc(OC)cc3o2)c1.[Na+]. The second kappa shape index (κ2) is 24.9. The van der Waals surface area contributed by atoms with Crippen molar-refractivity contribution in [3.05, 3.63) is 70.9 Å². The molecule has 410 valence electrons. The van der Waals surface area contributed by atoms with Crippen molar-refractivity contribution in [1.82, 2.24) is 0 Å². The molecule has 16 heteroatoms. The molecule has 18 atom stereocenters. The largest absolute Gasteiger partial charge is 1.00 e. The van der Waals surface area contributed by atoms with E-state index in [4.69, 9.17) is 37.6 Å². The normalized spacial score (nSPS) is 35.6. The molecule has 4 saturated heterocycles. The second-order valence-electron chi connectivity index (χ2n) is 22.5. The molecule has 0 aliphatic carbocycles. The van der Waals surface area contributed by atoms with Gasteiger partial charge in [0.25, 0.3) is 0 Å². The molecule has 18 unspecified atom stereocenters. The third-order valence-corrected chi connectivity index (χ3v) is 17.7. The van der Waals surface area contributed by atoms with Gasteiger partial charge < -0.3 is 62.8 Å². The molecule has 1 aromatic heterocycles. The molecule has 75 heavy (non-hydrogen) atoms. The maximum absolute atomic E-state index is 14.4. The van der Waals surface area contributed by atoms with Crippen LogP contribution >= 0.6 is 0 Å². The predicted molar refractivity (Wildman–Crippen MR) is 277 cm³/mol. The first kappa shape index (κ1) is 61.0. The number of carboxylic acids is 1. The van der Waals surface area contributed by atoms with Crippen molar-refractivity contribution in [3.8, 4) is 22.8 Å². The van der Waals surface area contributed by atoms with E-state index in [9.17, 15) is 34.8 Å². The number of carbonyl (C=O) groups excluding carboxylic acids is 2. The van der Waals surface area contributed by atoms with Crippen LogP contribution in [0.1, 0.15) is 133 Å². The maximum atomic E-state index is 14.4. The van der Waals surface area contributed by atoms with Crippen molar-refractivity contribution in [2.24, 2.45) is 41.4 Å². The monoisotopic (exact) mass is 1050 g/mol. The van der Waals surface area contributed by atoms with Crippen LogP contribution in [0.5, 0.6) is 11.5 Å². The van der Waals surface area contributed by atoms with Crippen molar-refractivity contribution in [2.45, 2.75) is 199 Å². The minimum Gasteiger partial charge on any atom is -0.550 e. The fourth-order valence-corrected chi connectivity index (χ4v) is 12.7. The summed E-state index contributed by atoms with van der Waals surface area (Å²) in [6, 6.07) is 14.0. The Bertz CT molecular complexity index is 2520. The summed E-state index contributed by atoms with van der Waals surface area (Å²) in [5.74, 6) is -4.38. The van der Waals surface area contributed by atoms with E-state index < -0.39 is 82.9 Å². The van der Waals surface area contributed by atoms with Crippen LogP contribution in [-0.2, 0) is 33.3 Å². The van der Waals surface area contributed by atoms with Crippen molar-refractivity contribution in [3.63, 3.8) is 0 Å². The van der Waals surface area contributed by atoms with Crippen LogP contribution in [0, 0.1) is 41.4 Å². The summed E-state index contributed by atoms with van der Waals surface area (Å²) < 4.78 is 49.6. The minimum absolute atomic E-state index is 0. The van der Waals surface area contributed by atoms with Crippen LogP contribution in [0.15, 0.2) is 69.9 Å². The van der Waals surface area contributed by atoms with Gasteiger partial charge in [0.05, 0.1) is 67.4 Å². The van der Waals surface area contributed by atoms with Gasteiger partial charge in [-0.2, -0.15) is 0 Å². The Morgan fingerprint density at radius 1 is 0.853 bits per heavy atom. The van der Waals surface area contributed by atoms with E-state index in [0.717, 1.165) is 12.0 Å². The summed E-state index contributed by atoms with van der Waals surface area (Å²) >= 11 is 0. The van der Waals surface area contributed by atoms with Gasteiger partial charge in [-0.25, -0.2) is 0 Å². The van der Waals surface area contributed by atoms with Crippen LogP contribution in [-0.4, -0.2) is 107 Å². The molecule has 4 fully saturated rings. The standard InChI is InChI=1S/C42H70O11.C17H14O4.Na/c1-11-29(38(46)47)31-15-14-23(4)36(50-31)27(8)34(44)26(7)35(45)30(12-2)37-24(5)22-25(6)41(51-37)19-16-32(43)42(53-41)21-20-39(10,52-42)33-17-18-40(48,13-3)28(9)49-33;1-19-12-5-3-4-11(8-12)16-10-15(18)14-7-6-13(20-2)9-17(14)21-16;/h16,19,23-34,36-37,43-44,48H,11-15,17-18,20-22H2,1-10H3,(H,46,47);3-10H,1-2H3;/q;;+1/p-1. The van der Waals surface area contributed by atoms with Crippen LogP contribution in [0.4, 0.5) is 0 Å². The fraction of sp³-hybridized carbons (Fsp3) is 0.678. The van der Waals surface area contributed by atoms with Crippen molar-refractivity contribution < 1.29 is 97.1 Å². The average molecular weight is 1060 g/mol. The Labute approximate surface area is 465 Å². The number of methoxy groups -OCH3 is 2. The van der Waals surface area contributed by atoms with E-state index in [1.54, 1.807) is 51.5 Å². The number of hydrogen-bond acceptors (Lipinski definition) is 15. The first-order valence-electron chi connectivity index (χ1n) is 27.2. The van der Waals surface area contributed by atoms with Gasteiger partial charge in [-0.15, -0.1) is 0 Å². The number of aliphatic hydroxyl groups excluding tert-OH is 2. The number of Topliss-reactive ketones (excluding diaryl/α,β-unsaturated/α-hetero) is 1. The number of benzene rings is 2. The zero-order chi connectivity index (χ0) is 54.1. The Hall–Kier alpha value is -3.19. The molecular weight excluding hydrogens is 972 g/mol. The van der Waals surface area contributed by atoms with Crippen LogP contribution in [0.2, 0.25) is 0 Å². The second-order valence-corrected chi connectivity index (χ2v) is 22.5. The Balaban J connectivity index is 0.000000345. The third kappa shape index (κ3) is 12.5. The molecule has 0 saturated carbocycles. The maximum Gasteiger partial charge on any atom is 1.00 e. The minimum atomic E-state index is -1.37. The average Bonchev–Trinajstić information content (AvgIpc) is 3.74. The Morgan fingerprint density at radius 2 is 1.55 bits per heavy atom. The van der Waals surface area contributed by atoms with Crippen LogP contribution in [0.3, 0.4) is 0 Å². The molecule has 0 amide bonds. The van der Waals surface area contributed by atoms with Gasteiger partial charge in [-0.05, 0) is 120 Å². The zero-order valence-corrected chi connectivity index (χ0v) is 48.7. The molecule has 2 aromatic carbocycles. The van der Waals surface area contributed by atoms with Gasteiger partial charge >= 0.3 is 29.6 Å². The summed E-state index contributed by atoms with van der Waals surface area (Å²) in [7, 11) is 3.17. The van der Waals surface area contributed by atoms with Crippen LogP contribution in [0.25, 0.3) is 22.3 Å². The van der Waals surface area contributed by atoms with E-state index in [2.05, 4.69) is 20.8 Å². The number of carbonyl (C=O) groups is 2. The van der Waals surface area contributed by atoms with E-state index in [0.29, 0.717) is 86.0 Å². The molecule has 2 spiro atoms. The summed E-state index contributed by atoms with van der Waals surface area (Å²) in [5, 5.41) is 46.5. The first-order valence-corrected chi connectivity index (χ1v) is 27.2. The van der Waals surface area contributed by atoms with Gasteiger partial charge in [0, 0.05) is 59.7 Å². The van der Waals surface area contributed by atoms with Crippen molar-refractivity contribution >= 4 is 22.7 Å². The van der Waals surface area contributed by atoms with Crippen molar-refractivity contribution in [2.75, 3.05) is 14.2 Å². The van der Waals surface area contributed by atoms with Gasteiger partial charge in [-0.1, -0.05) is 67.5 Å². The number of rotatable bonds is 15. The molecule has 6 heterocycles. The number of aliphatic carboxylic acids is 1. The molecular formula is C59H83NaO15. The van der Waals surface area contributed by atoms with Gasteiger partial charge in [0.1, 0.15) is 34.7 Å². The first-order chi connectivity index (χ1) is 35.0. The number of ketones is 1. The van der Waals surface area contributed by atoms with E-state index >= 15 is 0 Å². The molecule has 3 aromatic rings. The topological polar surface area (TPSA) is 213 Å². The Morgan fingerprint density at radius 3 is 2.19 bits per heavy atom. The number of hydrogen-bond donors (Lipinski definition) is 3. The zero-order valence-electron chi connectivity index (χ0n) is 46.7. The fourth-order valence-electron chi connectivity index (χ4n) is 12.7. The van der Waals surface area contributed by atoms with E-state index in [-0.39, 0.29) is 70.7 Å². The van der Waals surface area contributed by atoms with Gasteiger partial charge in [0.15, 0.2) is 11.2 Å². The summed E-state index contributed by atoms with van der Waals surface area (Å²) in [4.78, 5) is 38.4. The summed E-state index contributed by atoms with van der Waals surface area (Å²) in [6.07, 6.45) is 5.22. The molecule has 0 radical (unpaired) electrons. The third-order valence-electron chi connectivity index (χ3n) is 17.7. The smallest absolute Gasteiger partial charge is 0.550 e. The summed E-state index contributed by atoms with van der Waals surface area (Å²) in [5.41, 5.74) is -0.434. The van der Waals surface area contributed by atoms with Crippen LogP contribution < -0.4 is 49.6 Å². The van der Waals surface area contributed by atoms with Crippen molar-refractivity contribution in [1.29, 1.82) is 0 Å². The Kier molecular flexibility index (Phi) is 20.2. The molecule has 8 rings (SSSR count). The van der Waals surface area contributed by atoms with Gasteiger partial charge in [-0.3, -0.25) is 9.59 Å². The van der Waals surface area contributed by atoms with E-state index in [1.807, 2.05) is 65.8 Å². The quantitative estimate of drug-likeness (QED) is 0.130. The molecule has 15 nitrogen and oxygen atoms in total. The molecule has 5 aliphatic rings. The number of aliphatic hydroxyl groups is 3. The van der Waals surface area contributed by atoms with Gasteiger partial charge in [0.2, 0.25) is 5.79 Å². The number of fused-ring (bicyclic) bond motifs is 1. The molecule has 0 bridgehead atoms. The molecule has 3 N–H and O–H groups in total. The number of ether oxygens (including phenoxy) is 7. The summed E-state index contributed by atoms with van der Waals surface area (Å²) in [6.45, 7) is 19.5. The predicted octanol–water partition coefficient (Wildman–Crippen LogP) is 5.33. The molecule has 5 aliphatic heterocycles.